The van der Waals surface area contributed by atoms with Crippen LogP contribution in [0.25, 0.3) is 0 Å². The van der Waals surface area contributed by atoms with Gasteiger partial charge in [-0.05, 0) is 36.4 Å². The molecule has 0 saturated carbocycles. The van der Waals surface area contributed by atoms with Gasteiger partial charge in [0.15, 0.2) is 0 Å². The SMILES string of the molecule is CNc1ncccc1S(=O)(=O)Nc1ccc(C#N)cc1. The van der Waals surface area contributed by atoms with Crippen LogP contribution < -0.4 is 10.0 Å². The largest absolute Gasteiger partial charge is 0.372 e. The summed E-state index contributed by atoms with van der Waals surface area (Å²) in [6, 6.07) is 11.1. The number of hydrogen-bond donors (Lipinski definition) is 2. The van der Waals surface area contributed by atoms with Gasteiger partial charge in [0.1, 0.15) is 10.7 Å². The van der Waals surface area contributed by atoms with Gasteiger partial charge in [-0.15, -0.1) is 0 Å². The summed E-state index contributed by atoms with van der Waals surface area (Å²) >= 11 is 0. The van der Waals surface area contributed by atoms with Crippen LogP contribution >= 0.6 is 0 Å². The van der Waals surface area contributed by atoms with Crippen LogP contribution in [-0.2, 0) is 10.0 Å². The molecule has 0 unspecified atom stereocenters. The zero-order valence-electron chi connectivity index (χ0n) is 10.7. The van der Waals surface area contributed by atoms with E-state index >= 15 is 0 Å². The smallest absolute Gasteiger partial charge is 0.265 e. The Hall–Kier alpha value is -2.59. The minimum absolute atomic E-state index is 0.0619. The molecule has 6 nitrogen and oxygen atoms in total. The molecule has 102 valence electrons. The molecule has 0 radical (unpaired) electrons. The summed E-state index contributed by atoms with van der Waals surface area (Å²) in [5.41, 5.74) is 0.847. The molecule has 0 atom stereocenters. The first-order chi connectivity index (χ1) is 9.56. The highest BCUT2D eigenvalue weighted by molar-refractivity contribution is 7.92. The number of pyridine rings is 1. The molecular formula is C13H12N4O2S. The van der Waals surface area contributed by atoms with E-state index in [-0.39, 0.29) is 10.7 Å². The third-order valence-electron chi connectivity index (χ3n) is 2.56. The van der Waals surface area contributed by atoms with Gasteiger partial charge in [0, 0.05) is 18.9 Å². The fraction of sp³-hybridized carbons (Fsp3) is 0.0769. The van der Waals surface area contributed by atoms with Crippen LogP contribution in [0.3, 0.4) is 0 Å². The molecule has 0 spiro atoms. The lowest BCUT2D eigenvalue weighted by Crippen LogP contribution is -2.15. The Morgan fingerprint density at radius 1 is 1.20 bits per heavy atom. The van der Waals surface area contributed by atoms with E-state index in [0.717, 1.165) is 0 Å². The summed E-state index contributed by atoms with van der Waals surface area (Å²) in [5, 5.41) is 11.4. The maximum atomic E-state index is 12.3. The minimum atomic E-state index is -3.73. The summed E-state index contributed by atoms with van der Waals surface area (Å²) in [7, 11) is -2.13. The van der Waals surface area contributed by atoms with E-state index in [1.54, 1.807) is 25.2 Å². The zero-order chi connectivity index (χ0) is 14.6. The second-order valence-corrected chi connectivity index (χ2v) is 5.55. The van der Waals surface area contributed by atoms with Gasteiger partial charge in [0.25, 0.3) is 10.0 Å². The summed E-state index contributed by atoms with van der Waals surface area (Å²) in [4.78, 5) is 4.02. The fourth-order valence-electron chi connectivity index (χ4n) is 1.62. The maximum absolute atomic E-state index is 12.3. The molecule has 2 N–H and O–H groups in total. The highest BCUT2D eigenvalue weighted by Gasteiger charge is 2.18. The average molecular weight is 288 g/mol. The van der Waals surface area contributed by atoms with Gasteiger partial charge >= 0.3 is 0 Å². The normalized spacial score (nSPS) is 10.6. The molecule has 0 aliphatic rings. The first-order valence-electron chi connectivity index (χ1n) is 5.72. The van der Waals surface area contributed by atoms with Crippen LogP contribution in [0.5, 0.6) is 0 Å². The van der Waals surface area contributed by atoms with E-state index in [9.17, 15) is 8.42 Å². The van der Waals surface area contributed by atoms with Crippen LogP contribution in [0.4, 0.5) is 11.5 Å². The topological polar surface area (TPSA) is 94.9 Å². The highest BCUT2D eigenvalue weighted by Crippen LogP contribution is 2.21. The molecule has 0 fully saturated rings. The number of nitrogens with zero attached hydrogens (tertiary/aromatic N) is 2. The lowest BCUT2D eigenvalue weighted by Gasteiger charge is -2.11. The molecular weight excluding hydrogens is 276 g/mol. The molecule has 2 rings (SSSR count). The summed E-state index contributed by atoms with van der Waals surface area (Å²) in [6.45, 7) is 0. The van der Waals surface area contributed by atoms with Gasteiger partial charge in [-0.3, -0.25) is 4.72 Å². The van der Waals surface area contributed by atoms with Crippen LogP contribution in [-0.4, -0.2) is 20.4 Å². The van der Waals surface area contributed by atoms with Crippen molar-refractivity contribution in [3.05, 3.63) is 48.2 Å². The van der Waals surface area contributed by atoms with Crippen molar-refractivity contribution >= 4 is 21.5 Å². The predicted molar refractivity (Wildman–Crippen MR) is 75.7 cm³/mol. The Bertz CT molecular complexity index is 749. The quantitative estimate of drug-likeness (QED) is 0.894. The number of aromatic nitrogens is 1. The minimum Gasteiger partial charge on any atom is -0.372 e. The van der Waals surface area contributed by atoms with Crippen LogP contribution in [0.2, 0.25) is 0 Å². The number of rotatable bonds is 4. The van der Waals surface area contributed by atoms with Crippen molar-refractivity contribution in [1.82, 2.24) is 4.98 Å². The number of nitrogens with one attached hydrogen (secondary N) is 2. The Kier molecular flexibility index (Phi) is 3.86. The molecule has 0 aliphatic heterocycles. The summed E-state index contributed by atoms with van der Waals surface area (Å²) in [5.74, 6) is 0.272. The second kappa shape index (κ2) is 5.59. The average Bonchev–Trinajstić information content (AvgIpc) is 2.47. The summed E-state index contributed by atoms with van der Waals surface area (Å²) in [6.07, 6.45) is 1.51. The van der Waals surface area contributed by atoms with E-state index in [1.807, 2.05) is 6.07 Å². The molecule has 1 heterocycles. The maximum Gasteiger partial charge on any atom is 0.265 e. The van der Waals surface area contributed by atoms with Gasteiger partial charge in [0.05, 0.1) is 11.6 Å². The number of sulfonamides is 1. The summed E-state index contributed by atoms with van der Waals surface area (Å²) < 4.78 is 27.0. The van der Waals surface area contributed by atoms with Crippen molar-refractivity contribution in [2.75, 3.05) is 17.1 Å². The van der Waals surface area contributed by atoms with E-state index in [1.165, 1.54) is 24.4 Å². The molecule has 0 aliphatic carbocycles. The van der Waals surface area contributed by atoms with Gasteiger partial charge in [-0.25, -0.2) is 13.4 Å². The fourth-order valence-corrected chi connectivity index (χ4v) is 2.84. The Balaban J connectivity index is 2.33. The van der Waals surface area contributed by atoms with Crippen molar-refractivity contribution < 1.29 is 8.42 Å². The lowest BCUT2D eigenvalue weighted by atomic mass is 10.2. The Morgan fingerprint density at radius 2 is 1.90 bits per heavy atom. The van der Waals surface area contributed by atoms with Crippen molar-refractivity contribution in [3.8, 4) is 6.07 Å². The molecule has 7 heteroatoms. The van der Waals surface area contributed by atoms with Crippen molar-refractivity contribution in [3.63, 3.8) is 0 Å². The molecule has 1 aromatic carbocycles. The number of nitriles is 1. The van der Waals surface area contributed by atoms with Crippen LogP contribution in [0.15, 0.2) is 47.5 Å². The van der Waals surface area contributed by atoms with E-state index in [0.29, 0.717) is 11.3 Å². The van der Waals surface area contributed by atoms with Gasteiger partial charge in [0.2, 0.25) is 0 Å². The molecule has 20 heavy (non-hydrogen) atoms. The van der Waals surface area contributed by atoms with Gasteiger partial charge in [-0.2, -0.15) is 5.26 Å². The predicted octanol–water partition coefficient (Wildman–Crippen LogP) is 1.80. The zero-order valence-corrected chi connectivity index (χ0v) is 11.5. The van der Waals surface area contributed by atoms with E-state index < -0.39 is 10.0 Å². The Morgan fingerprint density at radius 3 is 2.50 bits per heavy atom. The number of anilines is 2. The van der Waals surface area contributed by atoms with Crippen molar-refractivity contribution in [1.29, 1.82) is 5.26 Å². The lowest BCUT2D eigenvalue weighted by molar-refractivity contribution is 0.601. The monoisotopic (exact) mass is 288 g/mol. The van der Waals surface area contributed by atoms with Crippen LogP contribution in [0.1, 0.15) is 5.56 Å². The standard InChI is InChI=1S/C13H12N4O2S/c1-15-13-12(3-2-8-16-13)20(18,19)17-11-6-4-10(9-14)5-7-11/h2-8,17H,1H3,(H,15,16). The van der Waals surface area contributed by atoms with Gasteiger partial charge < -0.3 is 5.32 Å². The molecule has 0 bridgehead atoms. The number of benzene rings is 1. The third kappa shape index (κ3) is 2.87. The van der Waals surface area contributed by atoms with E-state index in [2.05, 4.69) is 15.0 Å². The van der Waals surface area contributed by atoms with Crippen LogP contribution in [0, 0.1) is 11.3 Å². The highest BCUT2D eigenvalue weighted by atomic mass is 32.2. The number of hydrogen-bond acceptors (Lipinski definition) is 5. The molecule has 1 aromatic heterocycles. The first kappa shape index (κ1) is 13.8. The van der Waals surface area contributed by atoms with Crippen molar-refractivity contribution in [2.24, 2.45) is 0 Å². The molecule has 0 amide bonds. The van der Waals surface area contributed by atoms with E-state index in [4.69, 9.17) is 5.26 Å². The third-order valence-corrected chi connectivity index (χ3v) is 3.98. The molecule has 0 saturated heterocycles. The van der Waals surface area contributed by atoms with Crippen molar-refractivity contribution in [2.45, 2.75) is 4.90 Å². The molecule has 2 aromatic rings. The second-order valence-electron chi connectivity index (χ2n) is 3.89. The Labute approximate surface area is 117 Å². The first-order valence-corrected chi connectivity index (χ1v) is 7.21. The van der Waals surface area contributed by atoms with Gasteiger partial charge in [-0.1, -0.05) is 0 Å².